The summed E-state index contributed by atoms with van der Waals surface area (Å²) in [5.74, 6) is 0.847. The van der Waals surface area contributed by atoms with Gasteiger partial charge in [0, 0.05) is 18.7 Å². The van der Waals surface area contributed by atoms with Crippen LogP contribution in [-0.2, 0) is 13.2 Å². The van der Waals surface area contributed by atoms with Crippen LogP contribution in [-0.4, -0.2) is 25.9 Å². The minimum absolute atomic E-state index is 0.214. The fraction of sp³-hybridized carbons (Fsp3) is 0.200. The summed E-state index contributed by atoms with van der Waals surface area (Å²) in [4.78, 5) is 17.2. The standard InChI is InChI=1S/C25H23N5O2/c31-25(23-24(19-12-13-19)30(29-28-23)21-9-2-1-3-10-21)27-16-18-7-6-11-22(15-18)32-17-20-8-4-5-14-26-20/h1-11,14-15,19H,12-13,16-17H2,(H,27,31). The van der Waals surface area contributed by atoms with Crippen molar-refractivity contribution in [2.45, 2.75) is 31.9 Å². The lowest BCUT2D eigenvalue weighted by Gasteiger charge is -2.09. The van der Waals surface area contributed by atoms with Crippen molar-refractivity contribution in [2.75, 3.05) is 0 Å². The lowest BCUT2D eigenvalue weighted by atomic mass is 10.2. The molecule has 2 aromatic heterocycles. The number of carbonyl (C=O) groups excluding carboxylic acids is 1. The molecule has 1 aliphatic carbocycles. The van der Waals surface area contributed by atoms with Gasteiger partial charge in [0.05, 0.1) is 17.1 Å². The van der Waals surface area contributed by atoms with Crippen LogP contribution in [0.2, 0.25) is 0 Å². The van der Waals surface area contributed by atoms with Crippen molar-refractivity contribution in [2.24, 2.45) is 0 Å². The number of hydrogen-bond acceptors (Lipinski definition) is 5. The van der Waals surface area contributed by atoms with Crippen molar-refractivity contribution in [1.82, 2.24) is 25.3 Å². The fourth-order valence-electron chi connectivity index (χ4n) is 3.59. The number of carbonyl (C=O) groups is 1. The Labute approximate surface area is 186 Å². The molecule has 0 atom stereocenters. The van der Waals surface area contributed by atoms with Crippen molar-refractivity contribution < 1.29 is 9.53 Å². The Hall–Kier alpha value is -4.00. The molecule has 2 heterocycles. The molecule has 0 saturated heterocycles. The Kier molecular flexibility index (Phi) is 5.61. The number of nitrogens with one attached hydrogen (secondary N) is 1. The molecule has 1 N–H and O–H groups in total. The maximum atomic E-state index is 12.9. The highest BCUT2D eigenvalue weighted by Crippen LogP contribution is 2.41. The zero-order valence-electron chi connectivity index (χ0n) is 17.5. The quantitative estimate of drug-likeness (QED) is 0.461. The monoisotopic (exact) mass is 425 g/mol. The number of hydrogen-bond donors (Lipinski definition) is 1. The summed E-state index contributed by atoms with van der Waals surface area (Å²) < 4.78 is 7.62. The lowest BCUT2D eigenvalue weighted by molar-refractivity contribution is 0.0944. The van der Waals surface area contributed by atoms with Crippen molar-refractivity contribution >= 4 is 5.91 Å². The minimum Gasteiger partial charge on any atom is -0.487 e. The average molecular weight is 425 g/mol. The van der Waals surface area contributed by atoms with Gasteiger partial charge in [-0.2, -0.15) is 0 Å². The van der Waals surface area contributed by atoms with Gasteiger partial charge in [-0.15, -0.1) is 5.10 Å². The van der Waals surface area contributed by atoms with E-state index in [1.807, 2.05) is 72.8 Å². The fourth-order valence-corrected chi connectivity index (χ4v) is 3.59. The predicted molar refractivity (Wildman–Crippen MR) is 120 cm³/mol. The van der Waals surface area contributed by atoms with Gasteiger partial charge in [0.25, 0.3) is 5.91 Å². The van der Waals surface area contributed by atoms with E-state index in [0.29, 0.717) is 24.8 Å². The van der Waals surface area contributed by atoms with Crippen molar-refractivity contribution in [3.05, 3.63) is 102 Å². The number of nitrogens with zero attached hydrogens (tertiary/aromatic N) is 4. The van der Waals surface area contributed by atoms with Gasteiger partial charge < -0.3 is 10.1 Å². The Balaban J connectivity index is 1.26. The Morgan fingerprint density at radius 1 is 1.03 bits per heavy atom. The van der Waals surface area contributed by atoms with E-state index in [9.17, 15) is 4.79 Å². The third-order valence-electron chi connectivity index (χ3n) is 5.35. The highest BCUT2D eigenvalue weighted by atomic mass is 16.5. The largest absolute Gasteiger partial charge is 0.487 e. The summed E-state index contributed by atoms with van der Waals surface area (Å²) in [5, 5.41) is 11.5. The summed E-state index contributed by atoms with van der Waals surface area (Å²) in [6, 6.07) is 23.2. The van der Waals surface area contributed by atoms with E-state index in [1.165, 1.54) is 0 Å². The second kappa shape index (κ2) is 9.01. The van der Waals surface area contributed by atoms with Crippen LogP contribution in [0.25, 0.3) is 5.69 Å². The van der Waals surface area contributed by atoms with Crippen LogP contribution in [0, 0.1) is 0 Å². The summed E-state index contributed by atoms with van der Waals surface area (Å²) >= 11 is 0. The molecule has 5 rings (SSSR count). The highest BCUT2D eigenvalue weighted by Gasteiger charge is 2.34. The predicted octanol–water partition coefficient (Wildman–Crippen LogP) is 4.05. The Bertz CT molecular complexity index is 1200. The first-order valence-corrected chi connectivity index (χ1v) is 10.7. The van der Waals surface area contributed by atoms with Crippen LogP contribution < -0.4 is 10.1 Å². The minimum atomic E-state index is -0.214. The SMILES string of the molecule is O=C(NCc1cccc(OCc2ccccn2)c1)c1nnn(-c2ccccc2)c1C1CC1. The second-order valence-corrected chi connectivity index (χ2v) is 7.78. The number of para-hydroxylation sites is 1. The number of rotatable bonds is 8. The van der Waals surface area contributed by atoms with Gasteiger partial charge in [0.2, 0.25) is 0 Å². The molecule has 0 radical (unpaired) electrons. The number of ether oxygens (including phenoxy) is 1. The van der Waals surface area contributed by atoms with Gasteiger partial charge in [-0.25, -0.2) is 4.68 Å². The third-order valence-corrected chi connectivity index (χ3v) is 5.35. The highest BCUT2D eigenvalue weighted by molar-refractivity contribution is 5.93. The first-order chi connectivity index (χ1) is 15.8. The van der Waals surface area contributed by atoms with Gasteiger partial charge in [-0.1, -0.05) is 41.6 Å². The van der Waals surface area contributed by atoms with E-state index in [2.05, 4.69) is 20.6 Å². The molecule has 1 fully saturated rings. The molecule has 7 nitrogen and oxygen atoms in total. The molecule has 4 aromatic rings. The normalized spacial score (nSPS) is 13.0. The van der Waals surface area contributed by atoms with Crippen LogP contribution in [0.1, 0.15) is 46.2 Å². The smallest absolute Gasteiger partial charge is 0.274 e. The lowest BCUT2D eigenvalue weighted by Crippen LogP contribution is -2.24. The molecule has 2 aromatic carbocycles. The van der Waals surface area contributed by atoms with Crippen LogP contribution in [0.4, 0.5) is 0 Å². The molecule has 1 amide bonds. The van der Waals surface area contributed by atoms with Gasteiger partial charge in [-0.05, 0) is 54.8 Å². The summed E-state index contributed by atoms with van der Waals surface area (Å²) in [6.45, 7) is 0.770. The van der Waals surface area contributed by atoms with Crippen LogP contribution in [0.5, 0.6) is 5.75 Å². The number of aromatic nitrogens is 4. The summed E-state index contributed by atoms with van der Waals surface area (Å²) in [6.07, 6.45) is 3.85. The van der Waals surface area contributed by atoms with E-state index in [4.69, 9.17) is 4.74 Å². The van der Waals surface area contributed by atoms with Gasteiger partial charge >= 0.3 is 0 Å². The van der Waals surface area contributed by atoms with Crippen molar-refractivity contribution in [3.63, 3.8) is 0 Å². The maximum Gasteiger partial charge on any atom is 0.274 e. The van der Waals surface area contributed by atoms with Crippen molar-refractivity contribution in [3.8, 4) is 11.4 Å². The molecule has 7 heteroatoms. The Morgan fingerprint density at radius 2 is 1.88 bits per heavy atom. The van der Waals surface area contributed by atoms with Gasteiger partial charge in [0.1, 0.15) is 12.4 Å². The van der Waals surface area contributed by atoms with E-state index >= 15 is 0 Å². The molecule has 32 heavy (non-hydrogen) atoms. The number of pyridine rings is 1. The first kappa shape index (κ1) is 19.9. The van der Waals surface area contributed by atoms with E-state index < -0.39 is 0 Å². The number of benzene rings is 2. The van der Waals surface area contributed by atoms with E-state index in [0.717, 1.165) is 41.2 Å². The van der Waals surface area contributed by atoms with Gasteiger partial charge in [0.15, 0.2) is 5.69 Å². The third kappa shape index (κ3) is 4.51. The molecule has 0 spiro atoms. The maximum absolute atomic E-state index is 12.9. The molecule has 0 unspecified atom stereocenters. The molecule has 160 valence electrons. The van der Waals surface area contributed by atoms with Gasteiger partial charge in [-0.3, -0.25) is 9.78 Å². The summed E-state index contributed by atoms with van der Waals surface area (Å²) in [7, 11) is 0. The molecule has 0 bridgehead atoms. The zero-order valence-corrected chi connectivity index (χ0v) is 17.5. The van der Waals surface area contributed by atoms with Crippen LogP contribution in [0.3, 0.4) is 0 Å². The molecule has 1 saturated carbocycles. The van der Waals surface area contributed by atoms with Crippen LogP contribution in [0.15, 0.2) is 79.0 Å². The molecule has 0 aliphatic heterocycles. The molecular weight excluding hydrogens is 402 g/mol. The Morgan fingerprint density at radius 3 is 2.66 bits per heavy atom. The summed E-state index contributed by atoms with van der Waals surface area (Å²) in [5.41, 5.74) is 4.01. The topological polar surface area (TPSA) is 81.9 Å². The number of amides is 1. The zero-order chi connectivity index (χ0) is 21.8. The molecular formula is C25H23N5O2. The van der Waals surface area contributed by atoms with E-state index in [-0.39, 0.29) is 5.91 Å². The van der Waals surface area contributed by atoms with E-state index in [1.54, 1.807) is 10.9 Å². The first-order valence-electron chi connectivity index (χ1n) is 10.7. The van der Waals surface area contributed by atoms with Crippen molar-refractivity contribution in [1.29, 1.82) is 0 Å². The second-order valence-electron chi connectivity index (χ2n) is 7.78. The van der Waals surface area contributed by atoms with Crippen LogP contribution >= 0.6 is 0 Å². The average Bonchev–Trinajstić information content (AvgIpc) is 3.60. The molecule has 1 aliphatic rings.